The van der Waals surface area contributed by atoms with Crippen LogP contribution in [-0.2, 0) is 19.8 Å². The maximum absolute atomic E-state index is 13.0. The minimum absolute atomic E-state index is 0.299. The van der Waals surface area contributed by atoms with Crippen molar-refractivity contribution < 1.29 is 23.9 Å². The van der Waals surface area contributed by atoms with Crippen molar-refractivity contribution in [2.75, 3.05) is 0 Å². The van der Waals surface area contributed by atoms with Crippen molar-refractivity contribution in [3.05, 3.63) is 35.4 Å². The summed E-state index contributed by atoms with van der Waals surface area (Å²) in [5.41, 5.74) is 0.374. The van der Waals surface area contributed by atoms with Crippen LogP contribution in [0, 0.1) is 6.92 Å². The highest BCUT2D eigenvalue weighted by Gasteiger charge is 2.65. The maximum Gasteiger partial charge on any atom is 0.436 e. The fourth-order valence-electron chi connectivity index (χ4n) is 2.97. The van der Waals surface area contributed by atoms with Gasteiger partial charge in [0.2, 0.25) is 0 Å². The van der Waals surface area contributed by atoms with Crippen LogP contribution in [0.15, 0.2) is 24.3 Å². The molecular weight excluding hydrogens is 336 g/mol. The Hall–Kier alpha value is -2.57. The molecule has 1 fully saturated rings. The normalized spacial score (nSPS) is 19.6. The summed E-state index contributed by atoms with van der Waals surface area (Å²) in [5, 5.41) is 1.80. The number of ether oxygens (including phenoxy) is 2. The number of amides is 3. The lowest BCUT2D eigenvalue weighted by Crippen LogP contribution is -2.78. The first-order valence-corrected chi connectivity index (χ1v) is 8.78. The SMILES string of the molecule is CC[C@@]1(c2ccc(C)cc2)C(=O)N(C(=O)OC(C)C)N1C(=O)OC(C)C. The van der Waals surface area contributed by atoms with Gasteiger partial charge in [-0.2, -0.15) is 5.01 Å². The molecule has 1 aromatic carbocycles. The van der Waals surface area contributed by atoms with E-state index in [1.807, 2.05) is 19.1 Å². The molecule has 7 heteroatoms. The average Bonchev–Trinajstić information content (AvgIpc) is 2.53. The molecule has 0 radical (unpaired) electrons. The molecule has 26 heavy (non-hydrogen) atoms. The van der Waals surface area contributed by atoms with Gasteiger partial charge in [0.25, 0.3) is 5.91 Å². The first kappa shape index (κ1) is 19.8. The molecule has 142 valence electrons. The molecule has 0 unspecified atom stereocenters. The van der Waals surface area contributed by atoms with Crippen LogP contribution in [-0.4, -0.2) is 40.3 Å². The molecule has 2 rings (SSSR count). The summed E-state index contributed by atoms with van der Waals surface area (Å²) in [6.07, 6.45) is -2.17. The third-order valence-electron chi connectivity index (χ3n) is 4.17. The number of hydrazine groups is 1. The quantitative estimate of drug-likeness (QED) is 0.815. The topological polar surface area (TPSA) is 76.2 Å². The van der Waals surface area contributed by atoms with E-state index in [4.69, 9.17) is 9.47 Å². The van der Waals surface area contributed by atoms with E-state index in [0.29, 0.717) is 12.0 Å². The Balaban J connectivity index is 2.48. The van der Waals surface area contributed by atoms with E-state index in [1.165, 1.54) is 0 Å². The van der Waals surface area contributed by atoms with Crippen molar-refractivity contribution in [2.24, 2.45) is 0 Å². The van der Waals surface area contributed by atoms with Gasteiger partial charge in [-0.1, -0.05) is 36.8 Å². The molecule has 3 amide bonds. The number of carbonyl (C=O) groups excluding carboxylic acids is 3. The molecule has 1 aromatic rings. The highest BCUT2D eigenvalue weighted by Crippen LogP contribution is 2.44. The molecule has 1 aliphatic heterocycles. The molecule has 0 saturated carbocycles. The van der Waals surface area contributed by atoms with E-state index in [1.54, 1.807) is 46.8 Å². The lowest BCUT2D eigenvalue weighted by atomic mass is 9.81. The number of rotatable bonds is 4. The van der Waals surface area contributed by atoms with Crippen LogP contribution in [0.3, 0.4) is 0 Å². The van der Waals surface area contributed by atoms with E-state index < -0.39 is 35.8 Å². The highest BCUT2D eigenvalue weighted by atomic mass is 16.6. The van der Waals surface area contributed by atoms with Crippen LogP contribution in [0.25, 0.3) is 0 Å². The van der Waals surface area contributed by atoms with Gasteiger partial charge < -0.3 is 9.47 Å². The van der Waals surface area contributed by atoms with E-state index in [9.17, 15) is 14.4 Å². The fourth-order valence-corrected chi connectivity index (χ4v) is 2.97. The second-order valence-electron chi connectivity index (χ2n) is 6.87. The van der Waals surface area contributed by atoms with Crippen molar-refractivity contribution in [1.29, 1.82) is 0 Å². The highest BCUT2D eigenvalue weighted by molar-refractivity contribution is 6.06. The van der Waals surface area contributed by atoms with Gasteiger partial charge in [-0.3, -0.25) is 4.79 Å². The number of nitrogens with zero attached hydrogens (tertiary/aromatic N) is 2. The number of carbonyl (C=O) groups is 3. The summed E-state index contributed by atoms with van der Waals surface area (Å²) >= 11 is 0. The third kappa shape index (κ3) is 3.25. The third-order valence-corrected chi connectivity index (χ3v) is 4.17. The lowest BCUT2D eigenvalue weighted by molar-refractivity contribution is -0.204. The van der Waals surface area contributed by atoms with Crippen molar-refractivity contribution in [3.8, 4) is 0 Å². The molecular formula is C19H26N2O5. The number of hydrogen-bond donors (Lipinski definition) is 0. The first-order valence-electron chi connectivity index (χ1n) is 8.78. The minimum Gasteiger partial charge on any atom is -0.445 e. The Morgan fingerprint density at radius 2 is 1.50 bits per heavy atom. The summed E-state index contributed by atoms with van der Waals surface area (Å²) in [7, 11) is 0. The largest absolute Gasteiger partial charge is 0.445 e. The number of benzene rings is 1. The van der Waals surface area contributed by atoms with Gasteiger partial charge in [-0.05, 0) is 46.6 Å². The van der Waals surface area contributed by atoms with Crippen LogP contribution in [0.5, 0.6) is 0 Å². The van der Waals surface area contributed by atoms with Crippen LogP contribution < -0.4 is 0 Å². The van der Waals surface area contributed by atoms with Crippen LogP contribution in [0.4, 0.5) is 9.59 Å². The Labute approximate surface area is 153 Å². The molecule has 1 aliphatic rings. The van der Waals surface area contributed by atoms with Gasteiger partial charge in [0.1, 0.15) is 0 Å². The molecule has 0 N–H and O–H groups in total. The summed E-state index contributed by atoms with van der Waals surface area (Å²) in [5.74, 6) is -0.504. The molecule has 1 saturated heterocycles. The van der Waals surface area contributed by atoms with Gasteiger partial charge in [0.15, 0.2) is 5.54 Å². The van der Waals surface area contributed by atoms with Crippen molar-refractivity contribution in [2.45, 2.75) is 65.7 Å². The van der Waals surface area contributed by atoms with E-state index in [0.717, 1.165) is 15.6 Å². The Morgan fingerprint density at radius 1 is 1.00 bits per heavy atom. The first-order chi connectivity index (χ1) is 12.1. The fraction of sp³-hybridized carbons (Fsp3) is 0.526. The van der Waals surface area contributed by atoms with E-state index in [-0.39, 0.29) is 0 Å². The molecule has 1 atom stereocenters. The molecule has 1 heterocycles. The van der Waals surface area contributed by atoms with Gasteiger partial charge in [-0.15, -0.1) is 5.01 Å². The number of imide groups is 1. The number of hydrogen-bond acceptors (Lipinski definition) is 5. The monoisotopic (exact) mass is 362 g/mol. The van der Waals surface area contributed by atoms with Gasteiger partial charge in [-0.25, -0.2) is 9.59 Å². The Bertz CT molecular complexity index is 698. The van der Waals surface area contributed by atoms with Crippen LogP contribution in [0.1, 0.15) is 52.2 Å². The van der Waals surface area contributed by atoms with Crippen molar-refractivity contribution in [3.63, 3.8) is 0 Å². The zero-order valence-corrected chi connectivity index (χ0v) is 16.1. The van der Waals surface area contributed by atoms with Crippen LogP contribution in [0.2, 0.25) is 0 Å². The standard InChI is InChI=1S/C19H26N2O5/c1-7-19(15-10-8-14(6)9-11-15)16(22)20(17(23)25-12(2)3)21(19)18(24)26-13(4)5/h8-13H,7H2,1-6H3/t19-/m1/s1. The predicted molar refractivity (Wildman–Crippen MR) is 95.1 cm³/mol. The molecule has 0 aliphatic carbocycles. The van der Waals surface area contributed by atoms with Gasteiger partial charge in [0.05, 0.1) is 12.2 Å². The minimum atomic E-state index is -1.28. The zero-order valence-electron chi connectivity index (χ0n) is 16.1. The summed E-state index contributed by atoms with van der Waals surface area (Å²) in [4.78, 5) is 38.1. The lowest BCUT2D eigenvalue weighted by Gasteiger charge is -2.54. The van der Waals surface area contributed by atoms with Crippen molar-refractivity contribution in [1.82, 2.24) is 10.0 Å². The molecule has 0 spiro atoms. The Morgan fingerprint density at radius 3 is 1.96 bits per heavy atom. The molecule has 0 aromatic heterocycles. The van der Waals surface area contributed by atoms with Gasteiger partial charge >= 0.3 is 12.2 Å². The van der Waals surface area contributed by atoms with E-state index in [2.05, 4.69) is 0 Å². The molecule has 0 bridgehead atoms. The zero-order chi connectivity index (χ0) is 19.6. The average molecular weight is 362 g/mol. The van der Waals surface area contributed by atoms with Crippen LogP contribution >= 0.6 is 0 Å². The number of aryl methyl sites for hydroxylation is 1. The summed E-state index contributed by atoms with van der Waals surface area (Å²) < 4.78 is 10.4. The summed E-state index contributed by atoms with van der Waals surface area (Å²) in [6.45, 7) is 10.5. The summed E-state index contributed by atoms with van der Waals surface area (Å²) in [6, 6.07) is 7.30. The van der Waals surface area contributed by atoms with E-state index >= 15 is 0 Å². The predicted octanol–water partition coefficient (Wildman–Crippen LogP) is 3.75. The van der Waals surface area contributed by atoms with Gasteiger partial charge in [0, 0.05) is 0 Å². The van der Waals surface area contributed by atoms with Crippen molar-refractivity contribution >= 4 is 18.1 Å². The second-order valence-corrected chi connectivity index (χ2v) is 6.87. The Kier molecular flexibility index (Phi) is 5.59. The maximum atomic E-state index is 13.0. The molecule has 7 nitrogen and oxygen atoms in total. The second kappa shape index (κ2) is 7.35. The smallest absolute Gasteiger partial charge is 0.436 e.